The number of nitrogens with one attached hydrogen (secondary N) is 1. The molecule has 146 valence electrons. The molecule has 2 aliphatic rings. The normalized spacial score (nSPS) is 22.2. The fourth-order valence-corrected chi connectivity index (χ4v) is 4.10. The van der Waals surface area contributed by atoms with Gasteiger partial charge < -0.3 is 15.0 Å². The smallest absolute Gasteiger partial charge is 0.255 e. The largest absolute Gasteiger partial charge is 0.376 e. The highest BCUT2D eigenvalue weighted by atomic mass is 35.5. The average Bonchev–Trinajstić information content (AvgIpc) is 3.30. The average molecular weight is 399 g/mol. The van der Waals surface area contributed by atoms with E-state index in [0.717, 1.165) is 24.0 Å². The SMILES string of the molecule is CC(NC(=O)C1c2ccccc2C(=O)N1C[C@@H]1CCCO1)c1ccc(Cl)cc1. The van der Waals surface area contributed by atoms with E-state index in [2.05, 4.69) is 5.32 Å². The molecule has 2 aromatic carbocycles. The Morgan fingerprint density at radius 1 is 1.25 bits per heavy atom. The number of hydrogen-bond acceptors (Lipinski definition) is 3. The highest BCUT2D eigenvalue weighted by Crippen LogP contribution is 2.35. The third kappa shape index (κ3) is 3.64. The summed E-state index contributed by atoms with van der Waals surface area (Å²) in [7, 11) is 0. The van der Waals surface area contributed by atoms with Crippen molar-refractivity contribution in [2.45, 2.75) is 38.0 Å². The predicted octanol–water partition coefficient (Wildman–Crippen LogP) is 3.89. The molecule has 4 rings (SSSR count). The Morgan fingerprint density at radius 2 is 2.00 bits per heavy atom. The van der Waals surface area contributed by atoms with Crippen LogP contribution in [-0.4, -0.2) is 36.0 Å². The van der Waals surface area contributed by atoms with Gasteiger partial charge in [0.15, 0.2) is 0 Å². The van der Waals surface area contributed by atoms with E-state index in [1.807, 2.05) is 37.3 Å². The number of nitrogens with zero attached hydrogens (tertiary/aromatic N) is 1. The second-order valence-electron chi connectivity index (χ2n) is 7.36. The molecule has 1 N–H and O–H groups in total. The van der Waals surface area contributed by atoms with Gasteiger partial charge in [0.25, 0.3) is 5.91 Å². The summed E-state index contributed by atoms with van der Waals surface area (Å²) in [5.41, 5.74) is 2.31. The molecule has 28 heavy (non-hydrogen) atoms. The van der Waals surface area contributed by atoms with Crippen molar-refractivity contribution in [1.82, 2.24) is 10.2 Å². The van der Waals surface area contributed by atoms with Crippen molar-refractivity contribution in [3.05, 3.63) is 70.2 Å². The van der Waals surface area contributed by atoms with Crippen LogP contribution in [-0.2, 0) is 9.53 Å². The molecule has 2 amide bonds. The quantitative estimate of drug-likeness (QED) is 0.831. The standard InChI is InChI=1S/C22H23ClN2O3/c1-14(15-8-10-16(23)11-9-15)24-21(26)20-18-6-2-3-7-19(18)22(27)25(20)13-17-5-4-12-28-17/h2-3,6-11,14,17,20H,4-5,12-13H2,1H3,(H,24,26)/t14?,17-,20?/m0/s1. The molecule has 2 unspecified atom stereocenters. The lowest BCUT2D eigenvalue weighted by Gasteiger charge is -2.28. The number of hydrogen-bond donors (Lipinski definition) is 1. The second kappa shape index (κ2) is 7.94. The summed E-state index contributed by atoms with van der Waals surface area (Å²) in [6, 6.07) is 13.9. The maximum absolute atomic E-state index is 13.2. The maximum atomic E-state index is 13.2. The van der Waals surface area contributed by atoms with E-state index in [0.29, 0.717) is 23.7 Å². The zero-order chi connectivity index (χ0) is 19.7. The number of fused-ring (bicyclic) bond motifs is 1. The van der Waals surface area contributed by atoms with E-state index in [1.54, 1.807) is 23.1 Å². The second-order valence-corrected chi connectivity index (χ2v) is 7.80. The number of carbonyl (C=O) groups excluding carboxylic acids is 2. The van der Waals surface area contributed by atoms with Crippen LogP contribution in [0.2, 0.25) is 5.02 Å². The van der Waals surface area contributed by atoms with Crippen LogP contribution in [0.4, 0.5) is 0 Å². The molecule has 1 saturated heterocycles. The molecule has 0 aliphatic carbocycles. The molecule has 5 nitrogen and oxygen atoms in total. The first-order valence-electron chi connectivity index (χ1n) is 9.62. The molecule has 0 bridgehead atoms. The van der Waals surface area contributed by atoms with Gasteiger partial charge in [-0.05, 0) is 49.1 Å². The lowest BCUT2D eigenvalue weighted by atomic mass is 10.0. The molecule has 2 heterocycles. The zero-order valence-electron chi connectivity index (χ0n) is 15.7. The molecule has 0 radical (unpaired) electrons. The fraction of sp³-hybridized carbons (Fsp3) is 0.364. The molecule has 2 aromatic rings. The lowest BCUT2D eigenvalue weighted by molar-refractivity contribution is -0.126. The van der Waals surface area contributed by atoms with Gasteiger partial charge in [0.1, 0.15) is 6.04 Å². The van der Waals surface area contributed by atoms with Crippen molar-refractivity contribution in [2.75, 3.05) is 13.2 Å². The van der Waals surface area contributed by atoms with Crippen LogP contribution in [0.15, 0.2) is 48.5 Å². The van der Waals surface area contributed by atoms with Crippen LogP contribution in [0.25, 0.3) is 0 Å². The van der Waals surface area contributed by atoms with Gasteiger partial charge in [-0.25, -0.2) is 0 Å². The van der Waals surface area contributed by atoms with Gasteiger partial charge in [-0.3, -0.25) is 9.59 Å². The predicted molar refractivity (Wildman–Crippen MR) is 107 cm³/mol. The van der Waals surface area contributed by atoms with E-state index in [1.165, 1.54) is 0 Å². The molecule has 6 heteroatoms. The lowest BCUT2D eigenvalue weighted by Crippen LogP contribution is -2.43. The Labute approximate surface area is 169 Å². The Kier molecular flexibility index (Phi) is 5.38. The number of ether oxygens (including phenoxy) is 1. The van der Waals surface area contributed by atoms with Crippen molar-refractivity contribution in [1.29, 1.82) is 0 Å². The monoisotopic (exact) mass is 398 g/mol. The van der Waals surface area contributed by atoms with E-state index < -0.39 is 6.04 Å². The Morgan fingerprint density at radius 3 is 2.71 bits per heavy atom. The summed E-state index contributed by atoms with van der Waals surface area (Å²) in [6.45, 7) is 3.07. The van der Waals surface area contributed by atoms with Crippen molar-refractivity contribution in [3.8, 4) is 0 Å². The molecule has 2 aliphatic heterocycles. The molecule has 0 saturated carbocycles. The molecular formula is C22H23ClN2O3. The van der Waals surface area contributed by atoms with Gasteiger partial charge >= 0.3 is 0 Å². The third-order valence-electron chi connectivity index (χ3n) is 5.46. The number of halogens is 1. The summed E-state index contributed by atoms with van der Waals surface area (Å²) in [5, 5.41) is 3.71. The van der Waals surface area contributed by atoms with Gasteiger partial charge in [-0.2, -0.15) is 0 Å². The van der Waals surface area contributed by atoms with Crippen LogP contribution in [0, 0.1) is 0 Å². The van der Waals surface area contributed by atoms with Crippen LogP contribution in [0.5, 0.6) is 0 Å². The summed E-state index contributed by atoms with van der Waals surface area (Å²) in [6.07, 6.45) is 1.89. The van der Waals surface area contributed by atoms with Gasteiger partial charge in [0.05, 0.1) is 12.1 Å². The Bertz CT molecular complexity index is 878. The maximum Gasteiger partial charge on any atom is 0.255 e. The summed E-state index contributed by atoms with van der Waals surface area (Å²) in [5.74, 6) is -0.288. The highest BCUT2D eigenvalue weighted by molar-refractivity contribution is 6.30. The first-order valence-corrected chi connectivity index (χ1v) is 9.99. The molecule has 0 spiro atoms. The van der Waals surface area contributed by atoms with Gasteiger partial charge in [-0.15, -0.1) is 0 Å². The first kappa shape index (κ1) is 19.0. The van der Waals surface area contributed by atoms with Crippen LogP contribution in [0.1, 0.15) is 53.3 Å². The molecule has 0 aromatic heterocycles. The molecular weight excluding hydrogens is 376 g/mol. The minimum Gasteiger partial charge on any atom is -0.376 e. The van der Waals surface area contributed by atoms with Crippen LogP contribution in [0.3, 0.4) is 0 Å². The van der Waals surface area contributed by atoms with Crippen molar-refractivity contribution < 1.29 is 14.3 Å². The zero-order valence-corrected chi connectivity index (χ0v) is 16.5. The van der Waals surface area contributed by atoms with E-state index in [-0.39, 0.29) is 24.0 Å². The van der Waals surface area contributed by atoms with Gasteiger partial charge in [0, 0.05) is 23.7 Å². The topological polar surface area (TPSA) is 58.6 Å². The summed E-state index contributed by atoms with van der Waals surface area (Å²) < 4.78 is 5.71. The highest BCUT2D eigenvalue weighted by Gasteiger charge is 2.42. The number of rotatable bonds is 5. The van der Waals surface area contributed by atoms with Crippen molar-refractivity contribution in [3.63, 3.8) is 0 Å². The van der Waals surface area contributed by atoms with E-state index in [9.17, 15) is 9.59 Å². The minimum atomic E-state index is -0.636. The molecule has 3 atom stereocenters. The molecule has 1 fully saturated rings. The number of benzene rings is 2. The van der Waals surface area contributed by atoms with E-state index >= 15 is 0 Å². The van der Waals surface area contributed by atoms with Gasteiger partial charge in [-0.1, -0.05) is 41.9 Å². The first-order chi connectivity index (χ1) is 13.5. The Hall–Kier alpha value is -2.37. The minimum absolute atomic E-state index is 0.0118. The number of amides is 2. The van der Waals surface area contributed by atoms with E-state index in [4.69, 9.17) is 16.3 Å². The number of carbonyl (C=O) groups is 2. The van der Waals surface area contributed by atoms with Crippen molar-refractivity contribution >= 4 is 23.4 Å². The van der Waals surface area contributed by atoms with Crippen LogP contribution >= 0.6 is 11.6 Å². The summed E-state index contributed by atoms with van der Waals surface area (Å²) >= 11 is 5.95. The van der Waals surface area contributed by atoms with Crippen LogP contribution < -0.4 is 5.32 Å². The Balaban J connectivity index is 1.57. The summed E-state index contributed by atoms with van der Waals surface area (Å²) in [4.78, 5) is 27.8. The fourth-order valence-electron chi connectivity index (χ4n) is 3.98. The third-order valence-corrected chi connectivity index (χ3v) is 5.71. The van der Waals surface area contributed by atoms with Gasteiger partial charge in [0.2, 0.25) is 5.91 Å². The van der Waals surface area contributed by atoms with Crippen molar-refractivity contribution in [2.24, 2.45) is 0 Å².